The summed E-state index contributed by atoms with van der Waals surface area (Å²) in [5, 5.41) is 1.86. The molecule has 4 heteroatoms. The van der Waals surface area contributed by atoms with Crippen molar-refractivity contribution < 1.29 is 0 Å². The minimum Gasteiger partial charge on any atom is -0.248 e. The molecular weight excluding hydrogens is 210 g/mol. The lowest BCUT2D eigenvalue weighted by Gasteiger charge is -2.00. The smallest absolute Gasteiger partial charge is 0.103 e. The topological polar surface area (TPSA) is 12.9 Å². The molecule has 1 aromatic heterocycles. The number of rotatable bonds is 4. The van der Waals surface area contributed by atoms with Gasteiger partial charge in [0.2, 0.25) is 0 Å². The summed E-state index contributed by atoms with van der Waals surface area (Å²) in [5.74, 6) is 1.60. The number of alkyl halides is 1. The van der Waals surface area contributed by atoms with Crippen LogP contribution in [0.5, 0.6) is 0 Å². The summed E-state index contributed by atoms with van der Waals surface area (Å²) < 4.78 is 0. The molecule has 0 aromatic carbocycles. The Morgan fingerprint density at radius 2 is 2.42 bits per heavy atom. The Kier molecular flexibility index (Phi) is 4.40. The van der Waals surface area contributed by atoms with Crippen LogP contribution in [0.4, 0.5) is 0 Å². The number of hydrogen-bond donors (Lipinski definition) is 0. The Morgan fingerprint density at radius 3 is 2.92 bits per heavy atom. The summed E-state index contributed by atoms with van der Waals surface area (Å²) in [4.78, 5) is 5.44. The number of hydrogen-bond acceptors (Lipinski definition) is 3. The van der Waals surface area contributed by atoms with E-state index in [1.165, 1.54) is 5.01 Å². The average molecular weight is 222 g/mol. The van der Waals surface area contributed by atoms with Crippen molar-refractivity contribution in [3.8, 4) is 0 Å². The van der Waals surface area contributed by atoms with Gasteiger partial charge < -0.3 is 0 Å². The first-order valence-electron chi connectivity index (χ1n) is 3.83. The molecule has 1 rings (SSSR count). The summed E-state index contributed by atoms with van der Waals surface area (Å²) in [5.41, 5.74) is 0. The standard InChI is InChI=1S/C8H12ClNS2/c1-6(2)11-5-8-10-4-7(3-9)12-8/h4,6H,3,5H2,1-2H3. The van der Waals surface area contributed by atoms with Gasteiger partial charge in [-0.2, -0.15) is 11.8 Å². The van der Waals surface area contributed by atoms with Crippen LogP contribution in [0.15, 0.2) is 6.20 Å². The molecule has 0 bridgehead atoms. The molecule has 1 nitrogen and oxygen atoms in total. The fraction of sp³-hybridized carbons (Fsp3) is 0.625. The summed E-state index contributed by atoms with van der Waals surface area (Å²) in [6, 6.07) is 0. The van der Waals surface area contributed by atoms with Gasteiger partial charge in [0.1, 0.15) is 5.01 Å². The lowest BCUT2D eigenvalue weighted by molar-refractivity contribution is 1.10. The molecule has 1 heterocycles. The molecule has 0 radical (unpaired) electrons. The van der Waals surface area contributed by atoms with Gasteiger partial charge in [-0.15, -0.1) is 22.9 Å². The number of thiazole rings is 1. The Balaban J connectivity index is 2.41. The van der Waals surface area contributed by atoms with Crippen LogP contribution in [0, 0.1) is 0 Å². The van der Waals surface area contributed by atoms with Gasteiger partial charge in [-0.05, 0) is 5.25 Å². The Bertz CT molecular complexity index is 235. The third kappa shape index (κ3) is 3.33. The third-order valence-electron chi connectivity index (χ3n) is 1.27. The molecule has 12 heavy (non-hydrogen) atoms. The zero-order valence-corrected chi connectivity index (χ0v) is 9.60. The molecule has 0 atom stereocenters. The molecule has 0 aliphatic carbocycles. The maximum absolute atomic E-state index is 5.67. The Labute approximate surface area is 86.5 Å². The second-order valence-electron chi connectivity index (χ2n) is 2.71. The average Bonchev–Trinajstić information content (AvgIpc) is 2.48. The molecule has 1 aromatic rings. The second kappa shape index (κ2) is 5.10. The fourth-order valence-corrected chi connectivity index (χ4v) is 2.51. The third-order valence-corrected chi connectivity index (χ3v) is 4.01. The predicted octanol–water partition coefficient (Wildman–Crippen LogP) is 3.52. The molecule has 0 N–H and O–H groups in total. The van der Waals surface area contributed by atoms with Crippen LogP contribution in [0.3, 0.4) is 0 Å². The van der Waals surface area contributed by atoms with E-state index in [9.17, 15) is 0 Å². The van der Waals surface area contributed by atoms with E-state index < -0.39 is 0 Å². The van der Waals surface area contributed by atoms with Gasteiger partial charge in [0.25, 0.3) is 0 Å². The van der Waals surface area contributed by atoms with Crippen molar-refractivity contribution in [2.45, 2.75) is 30.7 Å². The van der Waals surface area contributed by atoms with Crippen molar-refractivity contribution in [1.29, 1.82) is 0 Å². The van der Waals surface area contributed by atoms with E-state index in [1.54, 1.807) is 11.3 Å². The highest BCUT2D eigenvalue weighted by atomic mass is 35.5. The monoisotopic (exact) mass is 221 g/mol. The van der Waals surface area contributed by atoms with E-state index in [0.29, 0.717) is 11.1 Å². The van der Waals surface area contributed by atoms with Crippen LogP contribution in [0.25, 0.3) is 0 Å². The summed E-state index contributed by atoms with van der Waals surface area (Å²) in [6.07, 6.45) is 1.87. The van der Waals surface area contributed by atoms with Crippen LogP contribution < -0.4 is 0 Å². The van der Waals surface area contributed by atoms with E-state index in [1.807, 2.05) is 18.0 Å². The molecule has 0 spiro atoms. The van der Waals surface area contributed by atoms with E-state index in [2.05, 4.69) is 18.8 Å². The molecule has 0 aliphatic heterocycles. The zero-order valence-electron chi connectivity index (χ0n) is 7.21. The Morgan fingerprint density at radius 1 is 1.67 bits per heavy atom. The van der Waals surface area contributed by atoms with Crippen molar-refractivity contribution in [2.75, 3.05) is 0 Å². The molecule has 68 valence electrons. The van der Waals surface area contributed by atoms with Crippen molar-refractivity contribution in [3.05, 3.63) is 16.1 Å². The fourth-order valence-electron chi connectivity index (χ4n) is 0.714. The number of thioether (sulfide) groups is 1. The van der Waals surface area contributed by atoms with Crippen LogP contribution in [0.1, 0.15) is 23.7 Å². The maximum atomic E-state index is 5.67. The van der Waals surface area contributed by atoms with Crippen LogP contribution in [-0.2, 0) is 11.6 Å². The molecule has 0 aliphatic rings. The van der Waals surface area contributed by atoms with Gasteiger partial charge in [-0.25, -0.2) is 4.98 Å². The van der Waals surface area contributed by atoms with Crippen molar-refractivity contribution >= 4 is 34.7 Å². The van der Waals surface area contributed by atoms with E-state index >= 15 is 0 Å². The van der Waals surface area contributed by atoms with Crippen LogP contribution in [0.2, 0.25) is 0 Å². The largest absolute Gasteiger partial charge is 0.248 e. The van der Waals surface area contributed by atoms with Gasteiger partial charge in [0, 0.05) is 16.8 Å². The number of aromatic nitrogens is 1. The Hall–Kier alpha value is 0.270. The minimum absolute atomic E-state index is 0.587. The number of halogens is 1. The van der Waals surface area contributed by atoms with E-state index in [4.69, 9.17) is 11.6 Å². The first kappa shape index (κ1) is 10.4. The maximum Gasteiger partial charge on any atom is 0.103 e. The van der Waals surface area contributed by atoms with Gasteiger partial charge >= 0.3 is 0 Å². The lowest BCUT2D eigenvalue weighted by Crippen LogP contribution is -1.87. The normalized spacial score (nSPS) is 11.0. The SMILES string of the molecule is CC(C)SCc1ncc(CCl)s1. The number of nitrogens with zero attached hydrogens (tertiary/aromatic N) is 1. The quantitative estimate of drug-likeness (QED) is 0.722. The molecule has 0 saturated carbocycles. The zero-order chi connectivity index (χ0) is 8.97. The summed E-state index contributed by atoms with van der Waals surface area (Å²) in [6.45, 7) is 4.39. The first-order chi connectivity index (χ1) is 5.72. The van der Waals surface area contributed by atoms with Crippen LogP contribution >= 0.6 is 34.7 Å². The molecule has 0 unspecified atom stereocenters. The summed E-state index contributed by atoms with van der Waals surface area (Å²) in [7, 11) is 0. The van der Waals surface area contributed by atoms with E-state index in [0.717, 1.165) is 10.6 Å². The molecule has 0 saturated heterocycles. The summed E-state index contributed by atoms with van der Waals surface area (Å²) >= 11 is 9.29. The molecular formula is C8H12ClNS2. The van der Waals surface area contributed by atoms with Gasteiger partial charge in [0.05, 0.1) is 5.88 Å². The lowest BCUT2D eigenvalue weighted by atomic mass is 10.6. The van der Waals surface area contributed by atoms with Crippen molar-refractivity contribution in [1.82, 2.24) is 4.98 Å². The second-order valence-corrected chi connectivity index (χ2v) is 5.75. The van der Waals surface area contributed by atoms with Crippen molar-refractivity contribution in [2.24, 2.45) is 0 Å². The highest BCUT2D eigenvalue weighted by molar-refractivity contribution is 7.99. The first-order valence-corrected chi connectivity index (χ1v) is 6.23. The minimum atomic E-state index is 0.587. The highest BCUT2D eigenvalue weighted by Gasteiger charge is 2.02. The predicted molar refractivity (Wildman–Crippen MR) is 58.1 cm³/mol. The highest BCUT2D eigenvalue weighted by Crippen LogP contribution is 2.22. The van der Waals surface area contributed by atoms with E-state index in [-0.39, 0.29) is 0 Å². The molecule has 0 fully saturated rings. The van der Waals surface area contributed by atoms with Gasteiger partial charge in [-0.1, -0.05) is 13.8 Å². The van der Waals surface area contributed by atoms with Crippen LogP contribution in [-0.4, -0.2) is 10.2 Å². The van der Waals surface area contributed by atoms with Crippen molar-refractivity contribution in [3.63, 3.8) is 0 Å². The van der Waals surface area contributed by atoms with Gasteiger partial charge in [0.15, 0.2) is 0 Å². The van der Waals surface area contributed by atoms with Gasteiger partial charge in [-0.3, -0.25) is 0 Å². The molecule has 0 amide bonds.